The fraction of sp³-hybridized carbons (Fsp3) is 0.192. The van der Waals surface area contributed by atoms with Crippen LogP contribution in [0.15, 0.2) is 71.3 Å². The molecule has 0 bridgehead atoms. The first-order valence-electron chi connectivity index (χ1n) is 10.4. The highest BCUT2D eigenvalue weighted by atomic mass is 19.1. The molecule has 2 N–H and O–H groups in total. The minimum atomic E-state index is -0.270. The number of furan rings is 1. The molecule has 1 aromatic heterocycles. The maximum absolute atomic E-state index is 13.5. The van der Waals surface area contributed by atoms with Gasteiger partial charge in [0.05, 0.1) is 17.9 Å². The van der Waals surface area contributed by atoms with E-state index >= 15 is 0 Å². The second-order valence-electron chi connectivity index (χ2n) is 8.13. The average molecular weight is 411 g/mol. The van der Waals surface area contributed by atoms with Crippen LogP contribution in [0.3, 0.4) is 0 Å². The van der Waals surface area contributed by atoms with Crippen LogP contribution in [0.4, 0.5) is 4.39 Å². The molecule has 0 radical (unpaired) electrons. The number of fused-ring (bicyclic) bond motifs is 1. The number of nitrogens with zero attached hydrogens (tertiary/aromatic N) is 2. The fourth-order valence-corrected chi connectivity index (χ4v) is 4.33. The third-order valence-corrected chi connectivity index (χ3v) is 5.98. The van der Waals surface area contributed by atoms with E-state index in [0.717, 1.165) is 64.8 Å². The predicted octanol–water partition coefficient (Wildman–Crippen LogP) is 5.31. The standard InChI is InChI=1S/C26H22FN3O/c27-21-7-5-19(6-8-21)24-12-26-25(11-23(24)18-3-1-17(13-28)2-4-18)20(16-31-26)14-30-10-9-22(29)15-30/h1-8,11-12,16,22H,9-10,14-15,29H2. The Hall–Kier alpha value is -3.46. The largest absolute Gasteiger partial charge is 0.464 e. The van der Waals surface area contributed by atoms with E-state index < -0.39 is 0 Å². The Labute approximate surface area is 180 Å². The van der Waals surface area contributed by atoms with Crippen molar-refractivity contribution in [1.29, 1.82) is 5.26 Å². The van der Waals surface area contributed by atoms with Crippen molar-refractivity contribution in [3.05, 3.63) is 83.9 Å². The maximum Gasteiger partial charge on any atom is 0.134 e. The van der Waals surface area contributed by atoms with Crippen LogP contribution < -0.4 is 5.73 Å². The summed E-state index contributed by atoms with van der Waals surface area (Å²) in [5, 5.41) is 10.2. The molecule has 4 aromatic rings. The lowest BCUT2D eigenvalue weighted by Crippen LogP contribution is -2.26. The summed E-state index contributed by atoms with van der Waals surface area (Å²) in [4.78, 5) is 2.35. The van der Waals surface area contributed by atoms with Gasteiger partial charge in [-0.1, -0.05) is 24.3 Å². The van der Waals surface area contributed by atoms with Crippen LogP contribution in [0.25, 0.3) is 33.2 Å². The molecule has 0 spiro atoms. The molecule has 3 aromatic carbocycles. The lowest BCUT2D eigenvalue weighted by molar-refractivity contribution is 0.326. The summed E-state index contributed by atoms with van der Waals surface area (Å²) in [6.45, 7) is 2.68. The maximum atomic E-state index is 13.5. The van der Waals surface area contributed by atoms with Crippen LogP contribution in [0.2, 0.25) is 0 Å². The Morgan fingerprint density at radius 3 is 2.35 bits per heavy atom. The van der Waals surface area contributed by atoms with Crippen molar-refractivity contribution < 1.29 is 8.81 Å². The Morgan fingerprint density at radius 2 is 1.71 bits per heavy atom. The second-order valence-corrected chi connectivity index (χ2v) is 8.13. The molecule has 1 aliphatic heterocycles. The van der Waals surface area contributed by atoms with E-state index in [0.29, 0.717) is 5.56 Å². The van der Waals surface area contributed by atoms with Gasteiger partial charge in [0.2, 0.25) is 0 Å². The molecule has 1 aliphatic rings. The highest BCUT2D eigenvalue weighted by Crippen LogP contribution is 2.38. The summed E-state index contributed by atoms with van der Waals surface area (Å²) in [5.74, 6) is -0.270. The number of hydrogen-bond acceptors (Lipinski definition) is 4. The summed E-state index contributed by atoms with van der Waals surface area (Å²) in [6, 6.07) is 20.6. The van der Waals surface area contributed by atoms with Crippen LogP contribution in [0.1, 0.15) is 17.5 Å². The summed E-state index contributed by atoms with van der Waals surface area (Å²) in [5.41, 5.74) is 12.5. The number of hydrogen-bond donors (Lipinski definition) is 1. The van der Waals surface area contributed by atoms with Gasteiger partial charge >= 0.3 is 0 Å². The molecule has 31 heavy (non-hydrogen) atoms. The van der Waals surface area contributed by atoms with Crippen molar-refractivity contribution in [3.8, 4) is 28.3 Å². The summed E-state index contributed by atoms with van der Waals surface area (Å²) in [7, 11) is 0. The number of halogens is 1. The zero-order valence-electron chi connectivity index (χ0n) is 17.0. The quantitative estimate of drug-likeness (QED) is 0.494. The van der Waals surface area contributed by atoms with Gasteiger partial charge in [-0.3, -0.25) is 4.90 Å². The van der Waals surface area contributed by atoms with E-state index in [1.54, 1.807) is 12.1 Å². The number of rotatable bonds is 4. The zero-order chi connectivity index (χ0) is 21.4. The monoisotopic (exact) mass is 411 g/mol. The van der Waals surface area contributed by atoms with E-state index in [2.05, 4.69) is 17.0 Å². The van der Waals surface area contributed by atoms with Crippen molar-refractivity contribution in [2.75, 3.05) is 13.1 Å². The van der Waals surface area contributed by atoms with Crippen LogP contribution in [0, 0.1) is 17.1 Å². The molecule has 5 rings (SSSR count). The molecule has 0 aliphatic carbocycles. The van der Waals surface area contributed by atoms with E-state index in [1.807, 2.05) is 36.6 Å². The fourth-order valence-electron chi connectivity index (χ4n) is 4.33. The number of likely N-dealkylation sites (tertiary alicyclic amines) is 1. The van der Waals surface area contributed by atoms with Crippen LogP contribution in [0.5, 0.6) is 0 Å². The SMILES string of the molecule is N#Cc1ccc(-c2cc3c(CN4CCC(N)C4)coc3cc2-c2ccc(F)cc2)cc1. The van der Waals surface area contributed by atoms with Crippen LogP contribution in [-0.4, -0.2) is 24.0 Å². The van der Waals surface area contributed by atoms with Crippen LogP contribution in [-0.2, 0) is 6.54 Å². The van der Waals surface area contributed by atoms with Gasteiger partial charge < -0.3 is 10.2 Å². The van der Waals surface area contributed by atoms with Gasteiger partial charge in [0.15, 0.2) is 0 Å². The number of nitriles is 1. The highest BCUT2D eigenvalue weighted by Gasteiger charge is 2.21. The average Bonchev–Trinajstić information content (AvgIpc) is 3.39. The molecule has 4 nitrogen and oxygen atoms in total. The molecule has 1 fully saturated rings. The van der Waals surface area contributed by atoms with E-state index in [4.69, 9.17) is 15.4 Å². The molecule has 1 atom stereocenters. The van der Waals surface area contributed by atoms with Crippen molar-refractivity contribution >= 4 is 11.0 Å². The van der Waals surface area contributed by atoms with Crippen molar-refractivity contribution in [2.24, 2.45) is 5.73 Å². The predicted molar refractivity (Wildman–Crippen MR) is 120 cm³/mol. The lowest BCUT2D eigenvalue weighted by atomic mass is 9.92. The smallest absolute Gasteiger partial charge is 0.134 e. The van der Waals surface area contributed by atoms with Gasteiger partial charge in [0.25, 0.3) is 0 Å². The van der Waals surface area contributed by atoms with Gasteiger partial charge in [-0.25, -0.2) is 4.39 Å². The topological polar surface area (TPSA) is 66.2 Å². The molecule has 1 unspecified atom stereocenters. The van der Waals surface area contributed by atoms with E-state index in [1.165, 1.54) is 12.1 Å². The highest BCUT2D eigenvalue weighted by molar-refractivity contribution is 5.95. The third kappa shape index (κ3) is 3.84. The van der Waals surface area contributed by atoms with Gasteiger partial charge in [-0.15, -0.1) is 0 Å². The second kappa shape index (κ2) is 7.99. The summed E-state index contributed by atoms with van der Waals surface area (Å²) < 4.78 is 19.4. The van der Waals surface area contributed by atoms with Gasteiger partial charge in [-0.2, -0.15) is 5.26 Å². The molecule has 0 saturated carbocycles. The molecule has 1 saturated heterocycles. The van der Waals surface area contributed by atoms with Crippen LogP contribution >= 0.6 is 0 Å². The number of benzene rings is 3. The zero-order valence-corrected chi connectivity index (χ0v) is 17.0. The van der Waals surface area contributed by atoms with Gasteiger partial charge in [0.1, 0.15) is 11.4 Å². The van der Waals surface area contributed by atoms with Gasteiger partial charge in [-0.05, 0) is 65.1 Å². The summed E-state index contributed by atoms with van der Waals surface area (Å²) in [6.07, 6.45) is 2.84. The third-order valence-electron chi connectivity index (χ3n) is 5.98. The Morgan fingerprint density at radius 1 is 1.03 bits per heavy atom. The molecular weight excluding hydrogens is 389 g/mol. The first kappa shape index (κ1) is 19.5. The number of nitrogens with two attached hydrogens (primary N) is 1. The molecule has 2 heterocycles. The van der Waals surface area contributed by atoms with E-state index in [9.17, 15) is 4.39 Å². The minimum absolute atomic E-state index is 0.234. The lowest BCUT2D eigenvalue weighted by Gasteiger charge is -2.15. The van der Waals surface area contributed by atoms with Gasteiger partial charge in [0, 0.05) is 36.6 Å². The molecule has 154 valence electrons. The normalized spacial score (nSPS) is 16.6. The Kier molecular flexibility index (Phi) is 5.03. The Bertz CT molecular complexity index is 1270. The minimum Gasteiger partial charge on any atom is -0.464 e. The first-order chi connectivity index (χ1) is 15.1. The van der Waals surface area contributed by atoms with Crippen molar-refractivity contribution in [1.82, 2.24) is 4.90 Å². The van der Waals surface area contributed by atoms with Crippen molar-refractivity contribution in [2.45, 2.75) is 19.0 Å². The summed E-state index contributed by atoms with van der Waals surface area (Å²) >= 11 is 0. The molecular formula is C26H22FN3O. The Balaban J connectivity index is 1.64. The molecule has 0 amide bonds. The molecule has 5 heteroatoms. The van der Waals surface area contributed by atoms with E-state index in [-0.39, 0.29) is 11.9 Å². The van der Waals surface area contributed by atoms with Crippen molar-refractivity contribution in [3.63, 3.8) is 0 Å². The first-order valence-corrected chi connectivity index (χ1v) is 10.4.